The Balaban J connectivity index is 2.54. The van der Waals surface area contributed by atoms with Gasteiger partial charge in [0.2, 0.25) is 0 Å². The number of carboxylic acid groups (broad SMARTS) is 1. The molecule has 0 spiro atoms. The molecule has 1 rings (SSSR count). The lowest BCUT2D eigenvalue weighted by Gasteiger charge is -2.07. The molecule has 78 valence electrons. The smallest absolute Gasteiger partial charge is 0.332 e. The van der Waals surface area contributed by atoms with Gasteiger partial charge >= 0.3 is 5.97 Å². The van der Waals surface area contributed by atoms with Crippen LogP contribution in [-0.4, -0.2) is 26.7 Å². The third-order valence-corrected chi connectivity index (χ3v) is 2.19. The minimum atomic E-state index is -0.995. The van der Waals surface area contributed by atoms with Gasteiger partial charge in [-0.2, -0.15) is 0 Å². The van der Waals surface area contributed by atoms with Crippen LogP contribution in [0.5, 0.6) is 0 Å². The van der Waals surface area contributed by atoms with E-state index in [1.807, 2.05) is 0 Å². The van der Waals surface area contributed by atoms with Gasteiger partial charge in [0.1, 0.15) is 17.6 Å². The molecule has 0 amide bonds. The Hall–Kier alpha value is -1.07. The molecule has 1 heterocycles. The van der Waals surface area contributed by atoms with Gasteiger partial charge in [0.25, 0.3) is 0 Å². The molecule has 0 aromatic carbocycles. The summed E-state index contributed by atoms with van der Waals surface area (Å²) in [5, 5.41) is 9.05. The average Bonchev–Trinajstić information content (AvgIpc) is 2.44. The maximum Gasteiger partial charge on any atom is 0.332 e. The Morgan fingerprint density at radius 2 is 2.50 bits per heavy atom. The monoisotopic (exact) mass is 218 g/mol. The number of hydrogen-bond acceptors (Lipinski definition) is 3. The van der Waals surface area contributed by atoms with Crippen LogP contribution in [-0.2, 0) is 23.2 Å². The van der Waals surface area contributed by atoms with Gasteiger partial charge < -0.3 is 14.4 Å². The Kier molecular flexibility index (Phi) is 3.49. The molecule has 0 aliphatic heterocycles. The third kappa shape index (κ3) is 2.46. The number of carboxylic acids is 1. The molecule has 0 saturated carbocycles. The zero-order chi connectivity index (χ0) is 10.7. The van der Waals surface area contributed by atoms with Crippen LogP contribution < -0.4 is 0 Å². The molecule has 0 saturated heterocycles. The van der Waals surface area contributed by atoms with E-state index in [-0.39, 0.29) is 6.61 Å². The Bertz CT molecular complexity index is 337. The van der Waals surface area contributed by atoms with Crippen LogP contribution in [0, 0.1) is 0 Å². The minimum absolute atomic E-state index is 0.136. The summed E-state index contributed by atoms with van der Waals surface area (Å²) in [5.41, 5.74) is 0. The molecule has 1 aromatic heterocycles. The standard InChI is InChI=1S/C8H11ClN2O3/c1-5(8(12)13)14-4-7-10-3-6(9)11(7)2/h3,5H,4H2,1-2H3,(H,12,13)/t5-/m1/s1. The van der Waals surface area contributed by atoms with Gasteiger partial charge in [-0.05, 0) is 6.92 Å². The van der Waals surface area contributed by atoms with E-state index in [0.29, 0.717) is 11.0 Å². The van der Waals surface area contributed by atoms with Crippen LogP contribution in [0.15, 0.2) is 6.20 Å². The number of nitrogens with zero attached hydrogens (tertiary/aromatic N) is 2. The number of halogens is 1. The van der Waals surface area contributed by atoms with Crippen molar-refractivity contribution in [1.82, 2.24) is 9.55 Å². The summed E-state index contributed by atoms with van der Waals surface area (Å²) < 4.78 is 6.68. The van der Waals surface area contributed by atoms with Crippen molar-refractivity contribution in [3.05, 3.63) is 17.2 Å². The summed E-state index contributed by atoms with van der Waals surface area (Å²) in [7, 11) is 1.74. The average molecular weight is 219 g/mol. The molecule has 6 heteroatoms. The highest BCUT2D eigenvalue weighted by atomic mass is 35.5. The number of rotatable bonds is 4. The zero-order valence-corrected chi connectivity index (χ0v) is 8.65. The lowest BCUT2D eigenvalue weighted by molar-refractivity contribution is -0.150. The maximum atomic E-state index is 10.4. The fraction of sp³-hybridized carbons (Fsp3) is 0.500. The molecule has 0 bridgehead atoms. The van der Waals surface area contributed by atoms with Crippen molar-refractivity contribution in [2.24, 2.45) is 7.05 Å². The molecule has 5 nitrogen and oxygen atoms in total. The summed E-state index contributed by atoms with van der Waals surface area (Å²) in [6.45, 7) is 1.60. The number of aromatic nitrogens is 2. The predicted octanol–water partition coefficient (Wildman–Crippen LogP) is 1.06. The van der Waals surface area contributed by atoms with Gasteiger partial charge in [0, 0.05) is 7.05 Å². The van der Waals surface area contributed by atoms with Crippen LogP contribution in [0.1, 0.15) is 12.7 Å². The summed E-state index contributed by atoms with van der Waals surface area (Å²) >= 11 is 5.74. The second kappa shape index (κ2) is 4.43. The first-order valence-corrected chi connectivity index (χ1v) is 4.40. The van der Waals surface area contributed by atoms with Crippen LogP contribution in [0.4, 0.5) is 0 Å². The summed E-state index contributed by atoms with van der Waals surface area (Å²) in [4.78, 5) is 14.4. The first-order valence-electron chi connectivity index (χ1n) is 4.03. The van der Waals surface area contributed by atoms with Crippen LogP contribution in [0.2, 0.25) is 5.15 Å². The minimum Gasteiger partial charge on any atom is -0.479 e. The first kappa shape index (κ1) is 11.0. The topological polar surface area (TPSA) is 64.4 Å². The molecular formula is C8H11ClN2O3. The lowest BCUT2D eigenvalue weighted by Crippen LogP contribution is -2.20. The van der Waals surface area contributed by atoms with Crippen molar-refractivity contribution < 1.29 is 14.6 Å². The van der Waals surface area contributed by atoms with Crippen molar-refractivity contribution in [2.75, 3.05) is 0 Å². The quantitative estimate of drug-likeness (QED) is 0.821. The van der Waals surface area contributed by atoms with E-state index in [1.54, 1.807) is 11.6 Å². The van der Waals surface area contributed by atoms with Crippen molar-refractivity contribution in [2.45, 2.75) is 19.6 Å². The van der Waals surface area contributed by atoms with Gasteiger partial charge in [-0.25, -0.2) is 9.78 Å². The summed E-state index contributed by atoms with van der Waals surface area (Å²) in [6.07, 6.45) is 0.650. The molecule has 0 unspecified atom stereocenters. The molecular weight excluding hydrogens is 208 g/mol. The van der Waals surface area contributed by atoms with Gasteiger partial charge in [-0.15, -0.1) is 0 Å². The molecule has 1 atom stereocenters. The van der Waals surface area contributed by atoms with Crippen molar-refractivity contribution in [3.8, 4) is 0 Å². The van der Waals surface area contributed by atoms with E-state index < -0.39 is 12.1 Å². The SMILES string of the molecule is C[C@@H](OCc1ncc(Cl)n1C)C(=O)O. The molecule has 0 aliphatic rings. The van der Waals surface area contributed by atoms with E-state index in [9.17, 15) is 4.79 Å². The molecule has 14 heavy (non-hydrogen) atoms. The lowest BCUT2D eigenvalue weighted by atomic mass is 10.4. The van der Waals surface area contributed by atoms with E-state index in [2.05, 4.69) is 4.98 Å². The highest BCUT2D eigenvalue weighted by Crippen LogP contribution is 2.10. The number of carbonyl (C=O) groups is 1. The second-order valence-corrected chi connectivity index (χ2v) is 3.23. The molecule has 0 fully saturated rings. The summed E-state index contributed by atoms with van der Waals surface area (Å²) in [6, 6.07) is 0. The fourth-order valence-corrected chi connectivity index (χ4v) is 0.976. The predicted molar refractivity (Wildman–Crippen MR) is 50.1 cm³/mol. The van der Waals surface area contributed by atoms with E-state index in [0.717, 1.165) is 0 Å². The molecule has 0 radical (unpaired) electrons. The van der Waals surface area contributed by atoms with Gasteiger partial charge in [-0.1, -0.05) is 11.6 Å². The molecule has 1 aromatic rings. The van der Waals surface area contributed by atoms with Crippen molar-refractivity contribution in [3.63, 3.8) is 0 Å². The molecule has 1 N–H and O–H groups in total. The van der Waals surface area contributed by atoms with Crippen molar-refractivity contribution in [1.29, 1.82) is 0 Å². The van der Waals surface area contributed by atoms with Crippen LogP contribution >= 0.6 is 11.6 Å². The second-order valence-electron chi connectivity index (χ2n) is 2.85. The van der Waals surface area contributed by atoms with Crippen molar-refractivity contribution >= 4 is 17.6 Å². The molecule has 0 aliphatic carbocycles. The number of hydrogen-bond donors (Lipinski definition) is 1. The Morgan fingerprint density at radius 3 is 2.93 bits per heavy atom. The number of aliphatic carboxylic acids is 1. The third-order valence-electron chi connectivity index (χ3n) is 1.84. The van der Waals surface area contributed by atoms with Gasteiger partial charge in [-0.3, -0.25) is 0 Å². The zero-order valence-electron chi connectivity index (χ0n) is 7.90. The van der Waals surface area contributed by atoms with E-state index in [1.165, 1.54) is 13.1 Å². The summed E-state index contributed by atoms with van der Waals surface area (Å²) in [5.74, 6) is -0.395. The number of imidazole rings is 1. The fourth-order valence-electron chi connectivity index (χ4n) is 0.829. The van der Waals surface area contributed by atoms with Gasteiger partial charge in [0.05, 0.1) is 6.20 Å². The van der Waals surface area contributed by atoms with Gasteiger partial charge in [0.15, 0.2) is 6.10 Å². The maximum absolute atomic E-state index is 10.4. The number of ether oxygens (including phenoxy) is 1. The largest absolute Gasteiger partial charge is 0.479 e. The highest BCUT2D eigenvalue weighted by Gasteiger charge is 2.12. The van der Waals surface area contributed by atoms with Crippen LogP contribution in [0.25, 0.3) is 0 Å². The van der Waals surface area contributed by atoms with Crippen LogP contribution in [0.3, 0.4) is 0 Å². The highest BCUT2D eigenvalue weighted by molar-refractivity contribution is 6.29. The Labute approximate surface area is 86.3 Å². The first-order chi connectivity index (χ1) is 6.52. The Morgan fingerprint density at radius 1 is 1.86 bits per heavy atom. The normalized spacial score (nSPS) is 12.8. The van der Waals surface area contributed by atoms with E-state index >= 15 is 0 Å². The van der Waals surface area contributed by atoms with E-state index in [4.69, 9.17) is 21.4 Å².